The van der Waals surface area contributed by atoms with Gasteiger partial charge < -0.3 is 39.3 Å². The maximum Gasteiger partial charge on any atom is 0.270 e. The minimum absolute atomic E-state index is 0.105. The van der Waals surface area contributed by atoms with Gasteiger partial charge in [0.05, 0.1) is 37.7 Å². The van der Waals surface area contributed by atoms with Crippen molar-refractivity contribution >= 4 is 17.7 Å². The summed E-state index contributed by atoms with van der Waals surface area (Å²) < 4.78 is 21.6. The number of nitrogens with one attached hydrogen (secondary N) is 2. The van der Waals surface area contributed by atoms with E-state index in [0.717, 1.165) is 30.2 Å². The lowest BCUT2D eigenvalue weighted by molar-refractivity contribution is 0.0209. The lowest BCUT2D eigenvalue weighted by Gasteiger charge is -2.30. The summed E-state index contributed by atoms with van der Waals surface area (Å²) in [6.45, 7) is 6.53. The summed E-state index contributed by atoms with van der Waals surface area (Å²) in [5, 5.41) is 16.9. The number of β-amino-alcohol motifs (C(OH)–C–C–N with tert-alkyl or cyclic N) is 1. The Morgan fingerprint density at radius 2 is 2.12 bits per heavy atom. The number of fused-ring (bicyclic) bond motifs is 1. The molecule has 1 saturated heterocycles. The number of hydrogen-bond acceptors (Lipinski definition) is 12. The third kappa shape index (κ3) is 7.73. The van der Waals surface area contributed by atoms with Crippen LogP contribution in [-0.2, 0) is 29.0 Å². The molecular formula is C29H39N7O6. The Kier molecular flexibility index (Phi) is 9.85. The number of ether oxygens (including phenoxy) is 3. The van der Waals surface area contributed by atoms with Crippen LogP contribution in [0.1, 0.15) is 33.1 Å². The number of aromatic nitrogens is 3. The van der Waals surface area contributed by atoms with Crippen molar-refractivity contribution in [3.63, 3.8) is 0 Å². The Balaban J connectivity index is 1.12. The van der Waals surface area contributed by atoms with Gasteiger partial charge in [-0.05, 0) is 36.6 Å². The number of carbonyl (C=O) groups is 1. The first-order valence-electron chi connectivity index (χ1n) is 14.1. The Morgan fingerprint density at radius 1 is 1.26 bits per heavy atom. The number of rotatable bonds is 14. The number of oxazole rings is 1. The molecule has 42 heavy (non-hydrogen) atoms. The number of aliphatic hydroxyl groups excluding tert-OH is 1. The van der Waals surface area contributed by atoms with Crippen molar-refractivity contribution in [3.05, 3.63) is 58.9 Å². The number of hydrogen-bond donors (Lipinski definition) is 3. The summed E-state index contributed by atoms with van der Waals surface area (Å²) in [6.07, 6.45) is 1.53. The van der Waals surface area contributed by atoms with Gasteiger partial charge in [0.2, 0.25) is 5.95 Å². The lowest BCUT2D eigenvalue weighted by atomic mass is 9.99. The molecule has 0 unspecified atom stereocenters. The molecule has 5 rings (SSSR count). The fourth-order valence-corrected chi connectivity index (χ4v) is 4.76. The normalized spacial score (nSPS) is 15.9. The molecule has 0 aliphatic carbocycles. The maximum atomic E-state index is 13.1. The summed E-state index contributed by atoms with van der Waals surface area (Å²) in [7, 11) is 3.48. The molecule has 3 N–H and O–H groups in total. The van der Waals surface area contributed by atoms with Crippen molar-refractivity contribution in [3.8, 4) is 5.75 Å². The standard InChI is InChI=1S/C29H39N7O6/c1-19-26(42-18-31-19)17-41-24-5-4-21-13-36(7-6-20(21)10-24)14-23(37)12-30-28(38)25-11-27(32-22-15-40-16-22)34-29(33-25)35(2)8-9-39-3/h4-5,10-11,18,22-23,37H,6-9,12-17H2,1-3H3,(H,30,38)(H,32,33,34)/t23-/m0/s1. The molecule has 0 spiro atoms. The van der Waals surface area contributed by atoms with Gasteiger partial charge in [0, 0.05) is 52.9 Å². The molecule has 1 fully saturated rings. The smallest absolute Gasteiger partial charge is 0.270 e. The molecule has 3 aromatic rings. The number of nitrogens with zero attached hydrogens (tertiary/aromatic N) is 5. The van der Waals surface area contributed by atoms with E-state index in [4.69, 9.17) is 18.6 Å². The van der Waals surface area contributed by atoms with E-state index in [0.29, 0.717) is 57.8 Å². The zero-order valence-electron chi connectivity index (χ0n) is 24.3. The lowest BCUT2D eigenvalue weighted by Crippen LogP contribution is -2.42. The Morgan fingerprint density at radius 3 is 2.86 bits per heavy atom. The molecule has 1 amide bonds. The second-order valence-corrected chi connectivity index (χ2v) is 10.7. The van der Waals surface area contributed by atoms with E-state index < -0.39 is 6.10 Å². The van der Waals surface area contributed by atoms with Crippen LogP contribution in [0.5, 0.6) is 5.75 Å². The van der Waals surface area contributed by atoms with Crippen LogP contribution in [0.25, 0.3) is 0 Å². The van der Waals surface area contributed by atoms with Crippen LogP contribution in [-0.4, -0.2) is 103 Å². The fraction of sp³-hybridized carbons (Fsp3) is 0.517. The van der Waals surface area contributed by atoms with Gasteiger partial charge in [-0.2, -0.15) is 4.98 Å². The van der Waals surface area contributed by atoms with Crippen LogP contribution in [0.4, 0.5) is 11.8 Å². The zero-order valence-corrected chi connectivity index (χ0v) is 24.3. The maximum absolute atomic E-state index is 13.1. The average Bonchev–Trinajstić information content (AvgIpc) is 3.39. The van der Waals surface area contributed by atoms with Crippen molar-refractivity contribution in [2.24, 2.45) is 0 Å². The van der Waals surface area contributed by atoms with Crippen molar-refractivity contribution in [2.75, 3.05) is 70.4 Å². The predicted molar refractivity (Wildman–Crippen MR) is 155 cm³/mol. The van der Waals surface area contributed by atoms with Crippen molar-refractivity contribution < 1.29 is 28.5 Å². The summed E-state index contributed by atoms with van der Waals surface area (Å²) >= 11 is 0. The van der Waals surface area contributed by atoms with E-state index >= 15 is 0 Å². The van der Waals surface area contributed by atoms with Crippen LogP contribution in [0, 0.1) is 6.92 Å². The van der Waals surface area contributed by atoms with E-state index in [1.807, 2.05) is 24.9 Å². The second kappa shape index (κ2) is 13.9. The number of likely N-dealkylation sites (N-methyl/N-ethyl adjacent to an activating group) is 1. The topological polar surface area (TPSA) is 147 Å². The molecule has 13 heteroatoms. The van der Waals surface area contributed by atoms with Gasteiger partial charge in [-0.15, -0.1) is 0 Å². The number of carbonyl (C=O) groups excluding carboxylic acids is 1. The number of methoxy groups -OCH3 is 1. The van der Waals surface area contributed by atoms with Gasteiger partial charge in [0.15, 0.2) is 12.2 Å². The van der Waals surface area contributed by atoms with E-state index in [1.165, 1.54) is 17.5 Å². The molecule has 2 aromatic heterocycles. The highest BCUT2D eigenvalue weighted by Gasteiger charge is 2.23. The van der Waals surface area contributed by atoms with E-state index in [2.05, 4.69) is 42.6 Å². The molecule has 1 atom stereocenters. The van der Waals surface area contributed by atoms with Gasteiger partial charge in [-0.25, -0.2) is 9.97 Å². The molecule has 0 saturated carbocycles. The Bertz CT molecular complexity index is 1350. The summed E-state index contributed by atoms with van der Waals surface area (Å²) in [6, 6.07) is 7.86. The first-order valence-corrected chi connectivity index (χ1v) is 14.1. The van der Waals surface area contributed by atoms with E-state index in [1.54, 1.807) is 13.2 Å². The van der Waals surface area contributed by atoms with Crippen LogP contribution in [0.15, 0.2) is 35.1 Å². The number of amides is 1. The Hall–Kier alpha value is -3.78. The molecule has 226 valence electrons. The van der Waals surface area contributed by atoms with Crippen LogP contribution >= 0.6 is 0 Å². The highest BCUT2D eigenvalue weighted by molar-refractivity contribution is 5.93. The van der Waals surface area contributed by atoms with Gasteiger partial charge in [0.1, 0.15) is 23.9 Å². The minimum Gasteiger partial charge on any atom is -0.486 e. The SMILES string of the molecule is COCCN(C)c1nc(NC2COC2)cc(C(=O)NC[C@H](O)CN2CCc3cc(OCc4ocnc4C)ccc3C2)n1. The van der Waals surface area contributed by atoms with Crippen molar-refractivity contribution in [2.45, 2.75) is 38.6 Å². The summed E-state index contributed by atoms with van der Waals surface area (Å²) in [4.78, 5) is 30.2. The van der Waals surface area contributed by atoms with Crippen molar-refractivity contribution in [1.29, 1.82) is 0 Å². The third-order valence-corrected chi connectivity index (χ3v) is 7.36. The number of benzene rings is 1. The highest BCUT2D eigenvalue weighted by atomic mass is 16.5. The minimum atomic E-state index is -0.737. The monoisotopic (exact) mass is 581 g/mol. The second-order valence-electron chi connectivity index (χ2n) is 10.7. The van der Waals surface area contributed by atoms with E-state index in [-0.39, 0.29) is 24.2 Å². The van der Waals surface area contributed by atoms with Gasteiger partial charge in [-0.3, -0.25) is 9.69 Å². The summed E-state index contributed by atoms with van der Waals surface area (Å²) in [5.74, 6) is 2.10. The largest absolute Gasteiger partial charge is 0.486 e. The molecule has 4 heterocycles. The highest BCUT2D eigenvalue weighted by Crippen LogP contribution is 2.25. The number of anilines is 2. The van der Waals surface area contributed by atoms with Crippen molar-refractivity contribution in [1.82, 2.24) is 25.2 Å². The Labute approximate surface area is 245 Å². The first-order chi connectivity index (χ1) is 20.4. The van der Waals surface area contributed by atoms with E-state index in [9.17, 15) is 9.90 Å². The van der Waals surface area contributed by atoms with Gasteiger partial charge in [-0.1, -0.05) is 6.07 Å². The average molecular weight is 582 g/mol. The summed E-state index contributed by atoms with van der Waals surface area (Å²) in [5.41, 5.74) is 3.48. The van der Waals surface area contributed by atoms with Crippen LogP contribution in [0.2, 0.25) is 0 Å². The molecule has 2 aliphatic rings. The molecule has 0 radical (unpaired) electrons. The van der Waals surface area contributed by atoms with Gasteiger partial charge >= 0.3 is 0 Å². The number of aliphatic hydroxyl groups is 1. The zero-order chi connectivity index (χ0) is 29.5. The quantitative estimate of drug-likeness (QED) is 0.253. The molecular weight excluding hydrogens is 542 g/mol. The third-order valence-electron chi connectivity index (χ3n) is 7.36. The predicted octanol–water partition coefficient (Wildman–Crippen LogP) is 1.39. The van der Waals surface area contributed by atoms with Crippen LogP contribution in [0.3, 0.4) is 0 Å². The molecule has 2 aliphatic heterocycles. The molecule has 1 aromatic carbocycles. The number of aryl methyl sites for hydroxylation is 1. The van der Waals surface area contributed by atoms with Crippen LogP contribution < -0.4 is 20.3 Å². The fourth-order valence-electron chi connectivity index (χ4n) is 4.76. The molecule has 13 nitrogen and oxygen atoms in total. The first kappa shape index (κ1) is 29.7. The van der Waals surface area contributed by atoms with Gasteiger partial charge in [0.25, 0.3) is 5.91 Å². The molecule has 0 bridgehead atoms.